The second-order valence-corrected chi connectivity index (χ2v) is 6.08. The van der Waals surface area contributed by atoms with Crippen molar-refractivity contribution >= 4 is 23.5 Å². The molecule has 2 aromatic rings. The number of carbonyl (C=O) groups excluding carboxylic acids is 2. The molecule has 7 heteroatoms. The van der Waals surface area contributed by atoms with Crippen molar-refractivity contribution in [2.45, 2.75) is 31.2 Å². The summed E-state index contributed by atoms with van der Waals surface area (Å²) in [5.74, 6) is -0.551. The Kier molecular flexibility index (Phi) is 4.97. The molecule has 2 rings (SSSR count). The number of aromatic nitrogens is 3. The number of ether oxygens (including phenoxy) is 1. The van der Waals surface area contributed by atoms with E-state index in [1.807, 2.05) is 0 Å². The van der Waals surface area contributed by atoms with Crippen LogP contribution in [0.2, 0.25) is 0 Å². The topological polar surface area (TPSA) is 84.9 Å². The lowest BCUT2D eigenvalue weighted by molar-refractivity contribution is 0.0599. The van der Waals surface area contributed by atoms with Crippen molar-refractivity contribution < 1.29 is 14.3 Å². The minimum atomic E-state index is -0.447. The zero-order chi connectivity index (χ0) is 16.3. The summed E-state index contributed by atoms with van der Waals surface area (Å²) in [6.07, 6.45) is 3.26. The van der Waals surface area contributed by atoms with Crippen LogP contribution in [0.5, 0.6) is 0 Å². The quantitative estimate of drug-likeness (QED) is 0.394. The van der Waals surface area contributed by atoms with Gasteiger partial charge in [-0.1, -0.05) is 11.8 Å². The molecule has 0 saturated carbocycles. The lowest BCUT2D eigenvalue weighted by Gasteiger charge is -2.08. The summed E-state index contributed by atoms with van der Waals surface area (Å²) < 4.78 is 4.75. The number of ketones is 1. The predicted molar refractivity (Wildman–Crippen MR) is 83.3 cm³/mol. The van der Waals surface area contributed by atoms with Gasteiger partial charge in [0.05, 0.1) is 23.6 Å². The number of H-pyrrole nitrogens is 1. The number of aromatic amines is 1. The van der Waals surface area contributed by atoms with E-state index in [2.05, 4.69) is 15.0 Å². The van der Waals surface area contributed by atoms with Gasteiger partial charge in [0.1, 0.15) is 0 Å². The number of nitrogens with zero attached hydrogens (tertiary/aromatic N) is 2. The van der Waals surface area contributed by atoms with Crippen LogP contribution in [0, 0.1) is 13.8 Å². The van der Waals surface area contributed by atoms with Gasteiger partial charge in [0.15, 0.2) is 10.9 Å². The van der Waals surface area contributed by atoms with Crippen LogP contribution in [0.15, 0.2) is 23.6 Å². The van der Waals surface area contributed by atoms with E-state index in [0.29, 0.717) is 27.7 Å². The Morgan fingerprint density at radius 2 is 1.91 bits per heavy atom. The summed E-state index contributed by atoms with van der Waals surface area (Å²) in [5.41, 5.74) is 2.07. The van der Waals surface area contributed by atoms with Crippen LogP contribution >= 0.6 is 11.8 Å². The van der Waals surface area contributed by atoms with E-state index in [-0.39, 0.29) is 11.0 Å². The minimum absolute atomic E-state index is 0.104. The number of Topliss-reactive ketones (excluding diaryl/α,β-unsaturated/α-hetero) is 1. The molecule has 1 N–H and O–H groups in total. The molecule has 116 valence electrons. The monoisotopic (exact) mass is 319 g/mol. The molecule has 2 heterocycles. The van der Waals surface area contributed by atoms with Gasteiger partial charge < -0.3 is 9.72 Å². The molecular formula is C15H17N3O3S. The van der Waals surface area contributed by atoms with Crippen molar-refractivity contribution in [1.82, 2.24) is 15.0 Å². The third kappa shape index (κ3) is 3.19. The van der Waals surface area contributed by atoms with Gasteiger partial charge in [-0.3, -0.25) is 4.79 Å². The Hall–Kier alpha value is -2.15. The van der Waals surface area contributed by atoms with E-state index in [9.17, 15) is 9.59 Å². The van der Waals surface area contributed by atoms with Crippen LogP contribution in [0.1, 0.15) is 39.0 Å². The Bertz CT molecular complexity index is 698. The fraction of sp³-hybridized carbons (Fsp3) is 0.333. The van der Waals surface area contributed by atoms with Crippen LogP contribution in [-0.2, 0) is 4.74 Å². The number of thioether (sulfide) groups is 1. The highest BCUT2D eigenvalue weighted by atomic mass is 32.2. The summed E-state index contributed by atoms with van der Waals surface area (Å²) in [6, 6.07) is 1.72. The normalized spacial score (nSPS) is 12.0. The Morgan fingerprint density at radius 1 is 1.27 bits per heavy atom. The molecule has 0 radical (unpaired) electrons. The van der Waals surface area contributed by atoms with Gasteiger partial charge in [-0.15, -0.1) is 0 Å². The van der Waals surface area contributed by atoms with E-state index >= 15 is 0 Å². The molecule has 1 atom stereocenters. The number of aryl methyl sites for hydroxylation is 1. The summed E-state index contributed by atoms with van der Waals surface area (Å²) in [5, 5.41) is 0.169. The van der Waals surface area contributed by atoms with Crippen molar-refractivity contribution in [3.05, 3.63) is 41.0 Å². The third-order valence-electron chi connectivity index (χ3n) is 3.27. The maximum Gasteiger partial charge on any atom is 0.339 e. The summed E-state index contributed by atoms with van der Waals surface area (Å²) >= 11 is 1.28. The second-order valence-electron chi connectivity index (χ2n) is 4.77. The second kappa shape index (κ2) is 6.74. The van der Waals surface area contributed by atoms with Gasteiger partial charge in [0, 0.05) is 18.1 Å². The van der Waals surface area contributed by atoms with E-state index in [1.54, 1.807) is 39.2 Å². The number of hydrogen-bond donors (Lipinski definition) is 1. The molecule has 2 aromatic heterocycles. The Morgan fingerprint density at radius 3 is 2.50 bits per heavy atom. The molecule has 0 amide bonds. The van der Waals surface area contributed by atoms with E-state index in [1.165, 1.54) is 18.9 Å². The first-order valence-corrected chi connectivity index (χ1v) is 7.59. The fourth-order valence-electron chi connectivity index (χ4n) is 2.17. The number of carbonyl (C=O) groups is 2. The van der Waals surface area contributed by atoms with Gasteiger partial charge >= 0.3 is 5.97 Å². The number of hydrogen-bond acceptors (Lipinski definition) is 6. The average Bonchev–Trinajstić information content (AvgIpc) is 2.81. The van der Waals surface area contributed by atoms with Gasteiger partial charge in [0.25, 0.3) is 0 Å². The molecule has 22 heavy (non-hydrogen) atoms. The van der Waals surface area contributed by atoms with Crippen molar-refractivity contribution in [1.29, 1.82) is 0 Å². The Labute approximate surface area is 132 Å². The largest absolute Gasteiger partial charge is 0.465 e. The van der Waals surface area contributed by atoms with Crippen LogP contribution in [0.3, 0.4) is 0 Å². The SMILES string of the molecule is COC(=O)c1c(C)[nH]c(C(=O)C(C)Sc2ncccn2)c1C. The predicted octanol–water partition coefficient (Wildman–Crippen LogP) is 2.57. The van der Waals surface area contributed by atoms with Crippen molar-refractivity contribution in [2.24, 2.45) is 0 Å². The standard InChI is InChI=1S/C15H17N3O3S/c1-8-11(14(20)21-4)9(2)18-12(8)13(19)10(3)22-15-16-6-5-7-17-15/h5-7,10,18H,1-4H3. The summed E-state index contributed by atoms with van der Waals surface area (Å²) in [4.78, 5) is 35.5. The van der Waals surface area contributed by atoms with Gasteiger partial charge in [-0.25, -0.2) is 14.8 Å². The maximum atomic E-state index is 12.6. The molecule has 0 fully saturated rings. The van der Waals surface area contributed by atoms with Crippen LogP contribution < -0.4 is 0 Å². The van der Waals surface area contributed by atoms with Gasteiger partial charge in [-0.05, 0) is 32.4 Å². The lowest BCUT2D eigenvalue weighted by atomic mass is 10.1. The van der Waals surface area contributed by atoms with Crippen molar-refractivity contribution in [3.8, 4) is 0 Å². The fourth-order valence-corrected chi connectivity index (χ4v) is 2.95. The molecule has 0 aliphatic heterocycles. The van der Waals surface area contributed by atoms with Gasteiger partial charge in [-0.2, -0.15) is 0 Å². The van der Waals surface area contributed by atoms with E-state index < -0.39 is 5.97 Å². The zero-order valence-corrected chi connectivity index (χ0v) is 13.7. The number of esters is 1. The average molecular weight is 319 g/mol. The van der Waals surface area contributed by atoms with Crippen LogP contribution in [-0.4, -0.2) is 39.1 Å². The summed E-state index contributed by atoms with van der Waals surface area (Å²) in [7, 11) is 1.32. The van der Waals surface area contributed by atoms with Gasteiger partial charge in [0.2, 0.25) is 0 Å². The van der Waals surface area contributed by atoms with Crippen molar-refractivity contribution in [3.63, 3.8) is 0 Å². The van der Waals surface area contributed by atoms with E-state index in [0.717, 1.165) is 0 Å². The molecule has 0 saturated heterocycles. The third-order valence-corrected chi connectivity index (χ3v) is 4.26. The minimum Gasteiger partial charge on any atom is -0.465 e. The lowest BCUT2D eigenvalue weighted by Crippen LogP contribution is -2.16. The molecular weight excluding hydrogens is 302 g/mol. The first-order valence-electron chi connectivity index (χ1n) is 6.71. The van der Waals surface area contributed by atoms with Crippen LogP contribution in [0.25, 0.3) is 0 Å². The molecule has 0 aromatic carbocycles. The van der Waals surface area contributed by atoms with Crippen molar-refractivity contribution in [2.75, 3.05) is 7.11 Å². The molecule has 0 aliphatic rings. The van der Waals surface area contributed by atoms with E-state index in [4.69, 9.17) is 4.74 Å². The maximum absolute atomic E-state index is 12.6. The number of nitrogens with one attached hydrogen (secondary N) is 1. The Balaban J connectivity index is 2.24. The number of rotatable bonds is 5. The van der Waals surface area contributed by atoms with Crippen LogP contribution in [0.4, 0.5) is 0 Å². The highest BCUT2D eigenvalue weighted by Gasteiger charge is 2.26. The molecule has 0 bridgehead atoms. The first-order chi connectivity index (χ1) is 10.5. The zero-order valence-electron chi connectivity index (χ0n) is 12.8. The molecule has 0 spiro atoms. The summed E-state index contributed by atoms with van der Waals surface area (Å²) in [6.45, 7) is 5.27. The molecule has 0 aliphatic carbocycles. The highest BCUT2D eigenvalue weighted by Crippen LogP contribution is 2.25. The number of methoxy groups -OCH3 is 1. The molecule has 1 unspecified atom stereocenters. The molecule has 6 nitrogen and oxygen atoms in total. The smallest absolute Gasteiger partial charge is 0.339 e. The first kappa shape index (κ1) is 16.2. The highest BCUT2D eigenvalue weighted by molar-refractivity contribution is 8.00.